The average Bonchev–Trinajstić information content (AvgIpc) is 2.30. The Kier molecular flexibility index (Phi) is 5.36. The number of carboxylic acids is 1. The predicted octanol–water partition coefficient (Wildman–Crippen LogP) is 0.550. The van der Waals surface area contributed by atoms with Crippen molar-refractivity contribution in [1.82, 2.24) is 10.2 Å². The van der Waals surface area contributed by atoms with Gasteiger partial charge in [0.25, 0.3) is 0 Å². The molecule has 1 saturated heterocycles. The van der Waals surface area contributed by atoms with Gasteiger partial charge < -0.3 is 15.2 Å². The van der Waals surface area contributed by atoms with Crippen LogP contribution in [0.1, 0.15) is 27.2 Å². The summed E-state index contributed by atoms with van der Waals surface area (Å²) in [6.07, 6.45) is 0.988. The van der Waals surface area contributed by atoms with E-state index in [1.807, 2.05) is 6.92 Å². The summed E-state index contributed by atoms with van der Waals surface area (Å²) in [6.45, 7) is 9.18. The fourth-order valence-electron chi connectivity index (χ4n) is 2.27. The number of ether oxygens (including phenoxy) is 1. The summed E-state index contributed by atoms with van der Waals surface area (Å²) in [5, 5.41) is 12.4. The van der Waals surface area contributed by atoms with Crippen LogP contribution < -0.4 is 5.32 Å². The van der Waals surface area contributed by atoms with Crippen LogP contribution in [0.5, 0.6) is 0 Å². The van der Waals surface area contributed by atoms with Crippen LogP contribution in [0.25, 0.3) is 0 Å². The highest BCUT2D eigenvalue weighted by Gasteiger charge is 2.36. The summed E-state index contributed by atoms with van der Waals surface area (Å²) in [4.78, 5) is 13.6. The van der Waals surface area contributed by atoms with Gasteiger partial charge in [0.2, 0.25) is 0 Å². The molecule has 0 aromatic carbocycles. The van der Waals surface area contributed by atoms with E-state index in [9.17, 15) is 9.90 Å². The van der Waals surface area contributed by atoms with Crippen molar-refractivity contribution in [3.8, 4) is 0 Å². The maximum Gasteiger partial charge on any atom is 0.324 e. The van der Waals surface area contributed by atoms with Gasteiger partial charge in [-0.1, -0.05) is 13.8 Å². The molecule has 100 valence electrons. The number of carbonyl (C=O) groups is 1. The molecular weight excluding hydrogens is 220 g/mol. The van der Waals surface area contributed by atoms with E-state index in [0.29, 0.717) is 32.3 Å². The third kappa shape index (κ3) is 3.66. The minimum atomic E-state index is -0.875. The van der Waals surface area contributed by atoms with Crippen molar-refractivity contribution in [2.24, 2.45) is 0 Å². The Morgan fingerprint density at radius 3 is 2.82 bits per heavy atom. The first-order valence-corrected chi connectivity index (χ1v) is 6.33. The van der Waals surface area contributed by atoms with E-state index in [1.165, 1.54) is 0 Å². The van der Waals surface area contributed by atoms with E-state index in [4.69, 9.17) is 4.74 Å². The zero-order valence-corrected chi connectivity index (χ0v) is 11.0. The molecule has 1 aliphatic rings. The first-order valence-electron chi connectivity index (χ1n) is 6.33. The van der Waals surface area contributed by atoms with Gasteiger partial charge in [-0.15, -0.1) is 0 Å². The molecule has 2 N–H and O–H groups in total. The van der Waals surface area contributed by atoms with E-state index in [0.717, 1.165) is 13.0 Å². The zero-order valence-electron chi connectivity index (χ0n) is 11.0. The molecule has 5 nitrogen and oxygen atoms in total. The minimum absolute atomic E-state index is 0.334. The van der Waals surface area contributed by atoms with Gasteiger partial charge in [0, 0.05) is 19.1 Å². The van der Waals surface area contributed by atoms with Crippen molar-refractivity contribution in [3.05, 3.63) is 0 Å². The molecule has 0 bridgehead atoms. The van der Waals surface area contributed by atoms with Crippen molar-refractivity contribution in [1.29, 1.82) is 0 Å². The second-order valence-electron chi connectivity index (χ2n) is 4.78. The lowest BCUT2D eigenvalue weighted by Crippen LogP contribution is -2.60. The van der Waals surface area contributed by atoms with Crippen LogP contribution in [-0.4, -0.2) is 60.4 Å². The number of nitrogens with zero attached hydrogens (tertiary/aromatic N) is 1. The van der Waals surface area contributed by atoms with Gasteiger partial charge in [-0.25, -0.2) is 0 Å². The maximum absolute atomic E-state index is 11.4. The third-order valence-electron chi connectivity index (χ3n) is 3.38. The predicted molar refractivity (Wildman–Crippen MR) is 66.2 cm³/mol. The molecule has 1 rings (SSSR count). The average molecular weight is 244 g/mol. The van der Waals surface area contributed by atoms with Crippen LogP contribution in [-0.2, 0) is 9.53 Å². The SMILES string of the molecule is CCNC(C)(CN1CCOCC1CC)C(=O)O. The monoisotopic (exact) mass is 244 g/mol. The van der Waals surface area contributed by atoms with Gasteiger partial charge in [-0.3, -0.25) is 9.69 Å². The van der Waals surface area contributed by atoms with Crippen LogP contribution in [0.15, 0.2) is 0 Å². The molecule has 5 heteroatoms. The zero-order chi connectivity index (χ0) is 12.9. The van der Waals surface area contributed by atoms with E-state index < -0.39 is 11.5 Å². The highest BCUT2D eigenvalue weighted by molar-refractivity contribution is 5.78. The Balaban J connectivity index is 2.67. The summed E-state index contributed by atoms with van der Waals surface area (Å²) >= 11 is 0. The molecule has 1 fully saturated rings. The maximum atomic E-state index is 11.4. The van der Waals surface area contributed by atoms with Gasteiger partial charge in [-0.2, -0.15) is 0 Å². The fourth-order valence-corrected chi connectivity index (χ4v) is 2.27. The molecule has 2 atom stereocenters. The molecule has 0 aromatic rings. The smallest absolute Gasteiger partial charge is 0.324 e. The molecule has 0 aromatic heterocycles. The van der Waals surface area contributed by atoms with E-state index in [1.54, 1.807) is 6.92 Å². The summed E-state index contributed by atoms with van der Waals surface area (Å²) in [5.41, 5.74) is -0.875. The van der Waals surface area contributed by atoms with Crippen molar-refractivity contribution in [3.63, 3.8) is 0 Å². The molecule has 0 saturated carbocycles. The number of nitrogens with one attached hydrogen (secondary N) is 1. The molecule has 17 heavy (non-hydrogen) atoms. The topological polar surface area (TPSA) is 61.8 Å². The molecule has 0 spiro atoms. The summed E-state index contributed by atoms with van der Waals surface area (Å²) < 4.78 is 5.43. The lowest BCUT2D eigenvalue weighted by atomic mass is 10.00. The number of hydrogen-bond donors (Lipinski definition) is 2. The molecule has 0 aliphatic carbocycles. The molecule has 1 heterocycles. The lowest BCUT2D eigenvalue weighted by molar-refractivity contribution is -0.146. The standard InChI is InChI=1S/C12H24N2O3/c1-4-10-8-17-7-6-14(10)9-12(3,11(15)16)13-5-2/h10,13H,4-9H2,1-3H3,(H,15,16). The Labute approximate surface area is 103 Å². The number of likely N-dealkylation sites (N-methyl/N-ethyl adjacent to an activating group) is 1. The molecule has 0 amide bonds. The normalized spacial score (nSPS) is 25.5. The highest BCUT2D eigenvalue weighted by Crippen LogP contribution is 2.15. The second kappa shape index (κ2) is 6.33. The van der Waals surface area contributed by atoms with Crippen molar-refractivity contribution < 1.29 is 14.6 Å². The van der Waals surface area contributed by atoms with E-state index in [2.05, 4.69) is 17.1 Å². The molecule has 2 unspecified atom stereocenters. The number of morpholine rings is 1. The van der Waals surface area contributed by atoms with Crippen molar-refractivity contribution in [2.45, 2.75) is 38.8 Å². The van der Waals surface area contributed by atoms with Crippen LogP contribution in [0.2, 0.25) is 0 Å². The Hall–Kier alpha value is -0.650. The van der Waals surface area contributed by atoms with Gasteiger partial charge in [0.1, 0.15) is 5.54 Å². The van der Waals surface area contributed by atoms with Crippen LogP contribution in [0.4, 0.5) is 0 Å². The van der Waals surface area contributed by atoms with Gasteiger partial charge >= 0.3 is 5.97 Å². The van der Waals surface area contributed by atoms with Crippen LogP contribution in [0, 0.1) is 0 Å². The fraction of sp³-hybridized carbons (Fsp3) is 0.917. The number of hydrogen-bond acceptors (Lipinski definition) is 4. The largest absolute Gasteiger partial charge is 0.480 e. The van der Waals surface area contributed by atoms with Crippen LogP contribution in [0.3, 0.4) is 0 Å². The van der Waals surface area contributed by atoms with Crippen molar-refractivity contribution in [2.75, 3.05) is 32.8 Å². The van der Waals surface area contributed by atoms with Crippen LogP contribution >= 0.6 is 0 Å². The van der Waals surface area contributed by atoms with Crippen molar-refractivity contribution >= 4 is 5.97 Å². The molecule has 1 aliphatic heterocycles. The lowest BCUT2D eigenvalue weighted by Gasteiger charge is -2.40. The Morgan fingerprint density at radius 1 is 1.59 bits per heavy atom. The third-order valence-corrected chi connectivity index (χ3v) is 3.38. The van der Waals surface area contributed by atoms with Gasteiger partial charge in [-0.05, 0) is 19.9 Å². The number of carboxylic acid groups (broad SMARTS) is 1. The summed E-state index contributed by atoms with van der Waals surface area (Å²) in [5.74, 6) is -0.791. The summed E-state index contributed by atoms with van der Waals surface area (Å²) in [6, 6.07) is 0.334. The minimum Gasteiger partial charge on any atom is -0.480 e. The second-order valence-corrected chi connectivity index (χ2v) is 4.78. The van der Waals surface area contributed by atoms with E-state index in [-0.39, 0.29) is 0 Å². The number of rotatable bonds is 6. The molecule has 0 radical (unpaired) electrons. The Morgan fingerprint density at radius 2 is 2.29 bits per heavy atom. The van der Waals surface area contributed by atoms with E-state index >= 15 is 0 Å². The quantitative estimate of drug-likeness (QED) is 0.714. The van der Waals surface area contributed by atoms with Gasteiger partial charge in [0.05, 0.1) is 13.2 Å². The summed E-state index contributed by atoms with van der Waals surface area (Å²) in [7, 11) is 0. The Bertz CT molecular complexity index is 260. The first kappa shape index (κ1) is 14.4. The number of aliphatic carboxylic acids is 1. The molecular formula is C12H24N2O3. The highest BCUT2D eigenvalue weighted by atomic mass is 16.5. The van der Waals surface area contributed by atoms with Gasteiger partial charge in [0.15, 0.2) is 0 Å². The first-order chi connectivity index (χ1) is 8.03.